The lowest BCUT2D eigenvalue weighted by atomic mass is 10.0. The maximum Gasteiger partial charge on any atom is 0.434 e. The Bertz CT molecular complexity index is 1370. The fraction of sp³-hybridized carbons (Fsp3) is 0.444. The van der Waals surface area contributed by atoms with Gasteiger partial charge >= 0.3 is 12.1 Å². The van der Waals surface area contributed by atoms with Gasteiger partial charge in [-0.25, -0.2) is 20.0 Å². The number of rotatable bonds is 11. The Balaban J connectivity index is 1.55. The number of benzene rings is 1. The SMILES string of the molecule is Cc1cc(OCC2(C(=O)O)CC2)ncc1-c1ccc(-c2nc(C(F)(F)F)cn2COCCS(C)(C)C)c(Cl)c1. The molecule has 12 heteroatoms. The van der Waals surface area contributed by atoms with E-state index < -0.39 is 33.3 Å². The van der Waals surface area contributed by atoms with Gasteiger partial charge in [0.25, 0.3) is 0 Å². The fourth-order valence-electron chi connectivity index (χ4n) is 3.90. The first kappa shape index (κ1) is 29.2. The van der Waals surface area contributed by atoms with Gasteiger partial charge in [0.05, 0.1) is 11.6 Å². The highest BCUT2D eigenvalue weighted by Gasteiger charge is 2.51. The van der Waals surface area contributed by atoms with Crippen LogP contribution in [0.2, 0.25) is 5.02 Å². The molecule has 1 aliphatic carbocycles. The Hall–Kier alpha value is -2.76. The van der Waals surface area contributed by atoms with Crippen LogP contribution >= 0.6 is 21.6 Å². The number of halogens is 4. The standard InChI is InChI=1S/C27H31ClF3N3O4S/c1-17-11-23(38-15-26(7-8-26)25(35)36)32-13-20(17)18-5-6-19(21(28)12-18)24-33-22(27(29,30)31)14-34(24)16-37-9-10-39(2,3)4/h5-6,11-14H,7-10,15-16H2,1-4H3,(H,35,36). The number of hydrogen-bond acceptors (Lipinski definition) is 5. The summed E-state index contributed by atoms with van der Waals surface area (Å²) in [5.41, 5.74) is 0.780. The molecule has 0 amide bonds. The van der Waals surface area contributed by atoms with Crippen molar-refractivity contribution in [1.82, 2.24) is 14.5 Å². The summed E-state index contributed by atoms with van der Waals surface area (Å²) in [5, 5.41) is 9.55. The number of carbonyl (C=O) groups is 1. The minimum atomic E-state index is -4.61. The monoisotopic (exact) mass is 585 g/mol. The molecular formula is C27H31ClF3N3O4S. The van der Waals surface area contributed by atoms with Crippen LogP contribution in [0.1, 0.15) is 24.1 Å². The minimum absolute atomic E-state index is 0.0578. The van der Waals surface area contributed by atoms with Gasteiger partial charge in [0.1, 0.15) is 24.6 Å². The zero-order valence-corrected chi connectivity index (χ0v) is 23.7. The minimum Gasteiger partial charge on any atom is -0.481 e. The van der Waals surface area contributed by atoms with E-state index in [1.807, 2.05) is 6.92 Å². The topological polar surface area (TPSA) is 86.5 Å². The molecule has 0 radical (unpaired) electrons. The van der Waals surface area contributed by atoms with E-state index >= 15 is 0 Å². The third kappa shape index (κ3) is 7.06. The lowest BCUT2D eigenvalue weighted by molar-refractivity contribution is -0.144. The van der Waals surface area contributed by atoms with Crippen molar-refractivity contribution in [1.29, 1.82) is 0 Å². The second kappa shape index (κ2) is 11.0. The molecular weight excluding hydrogens is 555 g/mol. The normalized spacial score (nSPS) is 15.3. The zero-order chi connectivity index (χ0) is 28.6. The Morgan fingerprint density at radius 2 is 1.92 bits per heavy atom. The molecule has 4 rings (SSSR count). The Morgan fingerprint density at radius 1 is 1.21 bits per heavy atom. The molecule has 1 N–H and O–H groups in total. The maximum absolute atomic E-state index is 13.5. The molecule has 7 nitrogen and oxygen atoms in total. The van der Waals surface area contributed by atoms with E-state index in [4.69, 9.17) is 21.1 Å². The molecule has 1 aromatic carbocycles. The van der Waals surface area contributed by atoms with E-state index in [9.17, 15) is 23.1 Å². The quantitative estimate of drug-likeness (QED) is 0.258. The summed E-state index contributed by atoms with van der Waals surface area (Å²) in [7, 11) is -0.801. The average Bonchev–Trinajstić information content (AvgIpc) is 3.51. The van der Waals surface area contributed by atoms with Gasteiger partial charge in [0.15, 0.2) is 5.69 Å². The van der Waals surface area contributed by atoms with Gasteiger partial charge in [-0.15, -0.1) is 0 Å². The lowest BCUT2D eigenvalue weighted by Gasteiger charge is -2.24. The number of alkyl halides is 3. The van der Waals surface area contributed by atoms with Crippen LogP contribution in [0.3, 0.4) is 0 Å². The molecule has 212 valence electrons. The predicted molar refractivity (Wildman–Crippen MR) is 147 cm³/mol. The largest absolute Gasteiger partial charge is 0.481 e. The van der Waals surface area contributed by atoms with Crippen LogP contribution in [0.4, 0.5) is 13.2 Å². The van der Waals surface area contributed by atoms with Crippen molar-refractivity contribution >= 4 is 27.6 Å². The zero-order valence-electron chi connectivity index (χ0n) is 22.1. The van der Waals surface area contributed by atoms with Gasteiger partial charge < -0.3 is 19.1 Å². The second-order valence-electron chi connectivity index (χ2n) is 10.7. The molecule has 1 aliphatic rings. The van der Waals surface area contributed by atoms with Crippen LogP contribution in [0.5, 0.6) is 5.88 Å². The smallest absolute Gasteiger partial charge is 0.434 e. The second-order valence-corrected chi connectivity index (χ2v) is 15.7. The van der Waals surface area contributed by atoms with Crippen molar-refractivity contribution in [2.45, 2.75) is 32.7 Å². The molecule has 3 aromatic rings. The summed E-state index contributed by atoms with van der Waals surface area (Å²) < 4.78 is 53.1. The Kier molecular flexibility index (Phi) is 8.26. The van der Waals surface area contributed by atoms with Crippen LogP contribution in [0.15, 0.2) is 36.7 Å². The maximum atomic E-state index is 13.5. The van der Waals surface area contributed by atoms with Crippen LogP contribution in [-0.2, 0) is 22.4 Å². The molecule has 0 atom stereocenters. The number of aromatic nitrogens is 3. The number of imidazole rings is 1. The number of carboxylic acid groups (broad SMARTS) is 1. The third-order valence-electron chi connectivity index (χ3n) is 6.55. The highest BCUT2D eigenvalue weighted by molar-refractivity contribution is 8.32. The van der Waals surface area contributed by atoms with E-state index in [0.717, 1.165) is 23.1 Å². The first-order valence-electron chi connectivity index (χ1n) is 12.2. The Labute approximate surface area is 231 Å². The number of pyridine rings is 1. The van der Waals surface area contributed by atoms with E-state index in [1.54, 1.807) is 30.5 Å². The van der Waals surface area contributed by atoms with E-state index in [2.05, 4.69) is 28.7 Å². The van der Waals surface area contributed by atoms with Crippen LogP contribution in [-0.4, -0.2) is 63.3 Å². The molecule has 39 heavy (non-hydrogen) atoms. The van der Waals surface area contributed by atoms with E-state index in [0.29, 0.717) is 36.5 Å². The molecule has 0 spiro atoms. The number of aryl methyl sites for hydroxylation is 1. The fourth-order valence-corrected chi connectivity index (χ4v) is 4.78. The van der Waals surface area contributed by atoms with Crippen LogP contribution in [0.25, 0.3) is 22.5 Å². The predicted octanol–water partition coefficient (Wildman–Crippen LogP) is 6.50. The number of aliphatic carboxylic acids is 1. The van der Waals surface area contributed by atoms with Gasteiger partial charge in [0, 0.05) is 35.3 Å². The molecule has 0 saturated heterocycles. The summed E-state index contributed by atoms with van der Waals surface area (Å²) in [5.74, 6) is 0.344. The molecule has 0 unspecified atom stereocenters. The van der Waals surface area contributed by atoms with Crippen LogP contribution < -0.4 is 4.74 Å². The summed E-state index contributed by atoms with van der Waals surface area (Å²) in [6.45, 7) is 2.25. The first-order valence-corrected chi connectivity index (χ1v) is 15.6. The third-order valence-corrected chi connectivity index (χ3v) is 8.25. The molecule has 2 heterocycles. The van der Waals surface area contributed by atoms with E-state index in [-0.39, 0.29) is 24.2 Å². The van der Waals surface area contributed by atoms with Gasteiger partial charge in [-0.2, -0.15) is 13.2 Å². The summed E-state index contributed by atoms with van der Waals surface area (Å²) in [4.78, 5) is 19.5. The first-order chi connectivity index (χ1) is 18.2. The summed E-state index contributed by atoms with van der Waals surface area (Å²) >= 11 is 6.58. The summed E-state index contributed by atoms with van der Waals surface area (Å²) in [6.07, 6.45) is 5.51. The van der Waals surface area contributed by atoms with Crippen molar-refractivity contribution in [3.8, 4) is 28.4 Å². The van der Waals surface area contributed by atoms with Crippen molar-refractivity contribution in [3.05, 3.63) is 52.9 Å². The summed E-state index contributed by atoms with van der Waals surface area (Å²) in [6, 6.07) is 6.74. The molecule has 2 aromatic heterocycles. The highest BCUT2D eigenvalue weighted by Crippen LogP contribution is 2.46. The van der Waals surface area contributed by atoms with Gasteiger partial charge in [0.2, 0.25) is 5.88 Å². The van der Waals surface area contributed by atoms with Crippen molar-refractivity contribution in [2.75, 3.05) is 37.7 Å². The van der Waals surface area contributed by atoms with Gasteiger partial charge in [-0.3, -0.25) is 4.79 Å². The number of hydrogen-bond donors (Lipinski definition) is 1. The highest BCUT2D eigenvalue weighted by atomic mass is 35.5. The number of nitrogens with zero attached hydrogens (tertiary/aromatic N) is 3. The van der Waals surface area contributed by atoms with Crippen LogP contribution in [0, 0.1) is 12.3 Å². The molecule has 1 fully saturated rings. The molecule has 1 saturated carbocycles. The van der Waals surface area contributed by atoms with Gasteiger partial charge in [-0.05, 0) is 61.8 Å². The number of carboxylic acids is 1. The average molecular weight is 586 g/mol. The van der Waals surface area contributed by atoms with Crippen molar-refractivity contribution in [3.63, 3.8) is 0 Å². The van der Waals surface area contributed by atoms with Crippen molar-refractivity contribution < 1.29 is 32.5 Å². The molecule has 0 aliphatic heterocycles. The lowest BCUT2D eigenvalue weighted by Crippen LogP contribution is -2.23. The molecule has 0 bridgehead atoms. The van der Waals surface area contributed by atoms with Gasteiger partial charge in [-0.1, -0.05) is 17.7 Å². The Morgan fingerprint density at radius 3 is 2.49 bits per heavy atom. The number of ether oxygens (including phenoxy) is 2. The van der Waals surface area contributed by atoms with E-state index in [1.165, 1.54) is 4.57 Å². The van der Waals surface area contributed by atoms with Crippen molar-refractivity contribution in [2.24, 2.45) is 5.41 Å².